The second-order valence-corrected chi connectivity index (χ2v) is 6.42. The highest BCUT2D eigenvalue weighted by molar-refractivity contribution is 7.15. The van der Waals surface area contributed by atoms with Crippen molar-refractivity contribution < 1.29 is 32.0 Å². The first-order valence-electron chi connectivity index (χ1n) is 7.46. The molecule has 0 bridgehead atoms. The number of hydrogen-bond donors (Lipinski definition) is 2. The number of rotatable bonds is 5. The van der Waals surface area contributed by atoms with Crippen molar-refractivity contribution >= 4 is 17.2 Å². The lowest BCUT2D eigenvalue weighted by molar-refractivity contribution is -0.134. The van der Waals surface area contributed by atoms with Gasteiger partial charge in [0.1, 0.15) is 16.7 Å². The quantitative estimate of drug-likeness (QED) is 0.640. The number of thiophene rings is 1. The van der Waals surface area contributed by atoms with E-state index in [2.05, 4.69) is 15.5 Å². The van der Waals surface area contributed by atoms with Gasteiger partial charge in [-0.05, 0) is 36.4 Å². The topological polar surface area (TPSA) is 88.2 Å². The van der Waals surface area contributed by atoms with E-state index in [9.17, 15) is 27.5 Å². The molecule has 1 amide bonds. The molecule has 0 aliphatic heterocycles. The molecule has 27 heavy (non-hydrogen) atoms. The van der Waals surface area contributed by atoms with Crippen LogP contribution in [0.15, 0.2) is 40.9 Å². The largest absolute Gasteiger partial charge is 0.425 e. The summed E-state index contributed by atoms with van der Waals surface area (Å²) in [5, 5.41) is 15.5. The number of halogens is 4. The fraction of sp³-hybridized carbons (Fsp3) is 0.188. The van der Waals surface area contributed by atoms with Gasteiger partial charge < -0.3 is 14.9 Å². The standard InChI is InChI=1S/C16H11F4N3O3S/c17-9-3-1-8(2-4-9)14(25)21-10(7-24)15-22-13(23-26-15)11-5-6-12(27-11)16(18,19)20/h1-6,10,24H,7H2,(H,21,25)/t10-/m0/s1. The summed E-state index contributed by atoms with van der Waals surface area (Å²) in [5.74, 6) is -1.41. The minimum absolute atomic E-state index is 0.0972. The molecular weight excluding hydrogens is 390 g/mol. The maximum atomic E-state index is 12.9. The molecule has 0 unspecified atom stereocenters. The number of nitrogens with zero attached hydrogens (tertiary/aromatic N) is 2. The van der Waals surface area contributed by atoms with Crippen LogP contribution < -0.4 is 5.32 Å². The van der Waals surface area contributed by atoms with E-state index >= 15 is 0 Å². The van der Waals surface area contributed by atoms with Gasteiger partial charge in [0.25, 0.3) is 11.8 Å². The predicted octanol–water partition coefficient (Wildman–Crippen LogP) is 3.42. The van der Waals surface area contributed by atoms with Crippen LogP contribution in [0.2, 0.25) is 0 Å². The Morgan fingerprint density at radius 2 is 1.93 bits per heavy atom. The average Bonchev–Trinajstić information content (AvgIpc) is 3.28. The average molecular weight is 401 g/mol. The summed E-state index contributed by atoms with van der Waals surface area (Å²) in [6.07, 6.45) is -4.48. The number of aliphatic hydroxyl groups is 1. The van der Waals surface area contributed by atoms with Crippen LogP contribution >= 0.6 is 11.3 Å². The van der Waals surface area contributed by atoms with Gasteiger partial charge in [-0.25, -0.2) is 4.39 Å². The van der Waals surface area contributed by atoms with Crippen molar-refractivity contribution in [2.24, 2.45) is 0 Å². The molecule has 142 valence electrons. The molecule has 6 nitrogen and oxygen atoms in total. The molecule has 0 fully saturated rings. The summed E-state index contributed by atoms with van der Waals surface area (Å²) in [6, 6.07) is 5.73. The van der Waals surface area contributed by atoms with Crippen molar-refractivity contribution in [2.45, 2.75) is 12.2 Å². The molecule has 0 saturated carbocycles. The third-order valence-electron chi connectivity index (χ3n) is 3.44. The molecule has 2 aromatic heterocycles. The molecule has 2 heterocycles. The molecule has 0 radical (unpaired) electrons. The third-order valence-corrected chi connectivity index (χ3v) is 4.57. The van der Waals surface area contributed by atoms with E-state index in [1.165, 1.54) is 18.2 Å². The Labute approximate surface area is 153 Å². The van der Waals surface area contributed by atoms with Crippen LogP contribution in [0.5, 0.6) is 0 Å². The van der Waals surface area contributed by atoms with E-state index in [4.69, 9.17) is 4.52 Å². The van der Waals surface area contributed by atoms with Crippen LogP contribution in [0.25, 0.3) is 10.7 Å². The molecule has 0 spiro atoms. The highest BCUT2D eigenvalue weighted by atomic mass is 32.1. The van der Waals surface area contributed by atoms with Gasteiger partial charge in [-0.2, -0.15) is 18.2 Å². The van der Waals surface area contributed by atoms with E-state index in [1.54, 1.807) is 0 Å². The first-order chi connectivity index (χ1) is 12.8. The van der Waals surface area contributed by atoms with Crippen LogP contribution in [-0.4, -0.2) is 27.8 Å². The summed E-state index contributed by atoms with van der Waals surface area (Å²) in [6.45, 7) is -0.590. The van der Waals surface area contributed by atoms with Crippen molar-refractivity contribution in [3.05, 3.63) is 58.5 Å². The van der Waals surface area contributed by atoms with E-state index in [1.807, 2.05) is 0 Å². The maximum absolute atomic E-state index is 12.9. The van der Waals surface area contributed by atoms with Gasteiger partial charge >= 0.3 is 6.18 Å². The van der Waals surface area contributed by atoms with E-state index in [0.717, 1.165) is 18.2 Å². The number of alkyl halides is 3. The zero-order valence-electron chi connectivity index (χ0n) is 13.3. The fourth-order valence-electron chi connectivity index (χ4n) is 2.12. The van der Waals surface area contributed by atoms with E-state index in [0.29, 0.717) is 11.3 Å². The summed E-state index contributed by atoms with van der Waals surface area (Å²) < 4.78 is 55.9. The highest BCUT2D eigenvalue weighted by Gasteiger charge is 2.33. The van der Waals surface area contributed by atoms with Crippen LogP contribution in [0, 0.1) is 5.82 Å². The molecule has 3 aromatic rings. The van der Waals surface area contributed by atoms with Gasteiger partial charge in [-0.3, -0.25) is 4.79 Å². The second-order valence-electron chi connectivity index (χ2n) is 5.33. The Hall–Kier alpha value is -2.79. The second kappa shape index (κ2) is 7.45. The lowest BCUT2D eigenvalue weighted by Gasteiger charge is -2.12. The van der Waals surface area contributed by atoms with Gasteiger partial charge in [0.2, 0.25) is 5.82 Å². The summed E-state index contributed by atoms with van der Waals surface area (Å²) in [5.41, 5.74) is 0.141. The number of carbonyl (C=O) groups is 1. The maximum Gasteiger partial charge on any atom is 0.425 e. The molecule has 0 aliphatic rings. The first kappa shape index (κ1) is 19.0. The number of benzene rings is 1. The van der Waals surface area contributed by atoms with E-state index < -0.39 is 35.4 Å². The molecule has 1 aromatic carbocycles. The number of carbonyl (C=O) groups excluding carboxylic acids is 1. The number of aliphatic hydroxyl groups excluding tert-OH is 1. The Kier molecular flexibility index (Phi) is 5.24. The van der Waals surface area contributed by atoms with Crippen LogP contribution in [0.3, 0.4) is 0 Å². The van der Waals surface area contributed by atoms with Crippen LogP contribution in [-0.2, 0) is 6.18 Å². The van der Waals surface area contributed by atoms with Gasteiger partial charge in [-0.1, -0.05) is 5.16 Å². The minimum Gasteiger partial charge on any atom is -0.394 e. The molecule has 3 rings (SSSR count). The molecule has 11 heteroatoms. The zero-order valence-corrected chi connectivity index (χ0v) is 14.1. The number of aromatic nitrogens is 2. The molecular formula is C16H11F4N3O3S. The SMILES string of the molecule is O=C(N[C@@H](CO)c1nc(-c2ccc(C(F)(F)F)s2)no1)c1ccc(F)cc1. The van der Waals surface area contributed by atoms with Crippen molar-refractivity contribution in [1.82, 2.24) is 15.5 Å². The Bertz CT molecular complexity index is 937. The summed E-state index contributed by atoms with van der Waals surface area (Å²) in [4.78, 5) is 15.4. The number of hydrogen-bond acceptors (Lipinski definition) is 6. The summed E-state index contributed by atoms with van der Waals surface area (Å²) >= 11 is 0.442. The molecule has 0 aliphatic carbocycles. The van der Waals surface area contributed by atoms with Crippen molar-refractivity contribution in [3.63, 3.8) is 0 Å². The number of nitrogens with one attached hydrogen (secondary N) is 1. The molecule has 2 N–H and O–H groups in total. The summed E-state index contributed by atoms with van der Waals surface area (Å²) in [7, 11) is 0. The first-order valence-corrected chi connectivity index (χ1v) is 8.28. The third kappa shape index (κ3) is 4.31. The monoisotopic (exact) mass is 401 g/mol. The highest BCUT2D eigenvalue weighted by Crippen LogP contribution is 2.37. The van der Waals surface area contributed by atoms with Gasteiger partial charge in [0, 0.05) is 5.56 Å². The number of amides is 1. The van der Waals surface area contributed by atoms with Crippen molar-refractivity contribution in [3.8, 4) is 10.7 Å². The molecule has 0 saturated heterocycles. The smallest absolute Gasteiger partial charge is 0.394 e. The van der Waals surface area contributed by atoms with Gasteiger partial charge in [0.15, 0.2) is 0 Å². The molecule has 1 atom stereocenters. The Balaban J connectivity index is 1.76. The van der Waals surface area contributed by atoms with Gasteiger partial charge in [0.05, 0.1) is 11.5 Å². The van der Waals surface area contributed by atoms with Crippen molar-refractivity contribution in [1.29, 1.82) is 0 Å². The lowest BCUT2D eigenvalue weighted by Crippen LogP contribution is -2.31. The Morgan fingerprint density at radius 3 is 2.52 bits per heavy atom. The normalized spacial score (nSPS) is 12.8. The lowest BCUT2D eigenvalue weighted by atomic mass is 10.2. The van der Waals surface area contributed by atoms with Crippen LogP contribution in [0.4, 0.5) is 17.6 Å². The fourth-order valence-corrected chi connectivity index (χ4v) is 2.91. The van der Waals surface area contributed by atoms with Gasteiger partial charge in [-0.15, -0.1) is 11.3 Å². The Morgan fingerprint density at radius 1 is 1.22 bits per heavy atom. The van der Waals surface area contributed by atoms with E-state index in [-0.39, 0.29) is 22.2 Å². The zero-order chi connectivity index (χ0) is 19.6. The van der Waals surface area contributed by atoms with Crippen molar-refractivity contribution in [2.75, 3.05) is 6.61 Å². The minimum atomic E-state index is -4.48. The van der Waals surface area contributed by atoms with Crippen LogP contribution in [0.1, 0.15) is 27.2 Å². The predicted molar refractivity (Wildman–Crippen MR) is 86.3 cm³/mol.